The van der Waals surface area contributed by atoms with Gasteiger partial charge in [-0.1, -0.05) is 30.3 Å². The minimum Gasteiger partial charge on any atom is -0.355 e. The van der Waals surface area contributed by atoms with Crippen LogP contribution in [0.1, 0.15) is 18.6 Å². The molecule has 1 aromatic heterocycles. The molecule has 0 fully saturated rings. The number of guanidine groups is 1. The second kappa shape index (κ2) is 10.5. The van der Waals surface area contributed by atoms with Gasteiger partial charge in [-0.25, -0.2) is 0 Å². The average molecular weight is 447 g/mol. The van der Waals surface area contributed by atoms with Gasteiger partial charge in [0.25, 0.3) is 0 Å². The van der Waals surface area contributed by atoms with Crippen molar-refractivity contribution in [2.75, 3.05) is 13.6 Å². The van der Waals surface area contributed by atoms with E-state index >= 15 is 0 Å². The van der Waals surface area contributed by atoms with E-state index in [0.717, 1.165) is 12.5 Å². The number of nitrogens with one attached hydrogen (secondary N) is 2. The van der Waals surface area contributed by atoms with Gasteiger partial charge in [-0.3, -0.25) is 4.99 Å². The Labute approximate surface area is 157 Å². The summed E-state index contributed by atoms with van der Waals surface area (Å²) in [4.78, 5) is 9.59. The molecule has 1 unspecified atom stereocenters. The number of benzene rings is 1. The van der Waals surface area contributed by atoms with E-state index in [2.05, 4.69) is 57.0 Å². The van der Waals surface area contributed by atoms with Crippen molar-refractivity contribution >= 4 is 41.7 Å². The lowest BCUT2D eigenvalue weighted by Crippen LogP contribution is -2.39. The van der Waals surface area contributed by atoms with Crippen molar-refractivity contribution in [3.05, 3.63) is 42.0 Å². The van der Waals surface area contributed by atoms with E-state index < -0.39 is 0 Å². The van der Waals surface area contributed by atoms with Gasteiger partial charge >= 0.3 is 0 Å². The second-order valence-electron chi connectivity index (χ2n) is 4.78. The minimum atomic E-state index is 0. The van der Waals surface area contributed by atoms with Crippen molar-refractivity contribution in [2.45, 2.75) is 30.5 Å². The summed E-state index contributed by atoms with van der Waals surface area (Å²) in [5.74, 6) is 1.91. The van der Waals surface area contributed by atoms with Crippen LogP contribution in [0.4, 0.5) is 0 Å². The Morgan fingerprint density at radius 2 is 2.04 bits per heavy atom. The minimum absolute atomic E-state index is 0. The summed E-state index contributed by atoms with van der Waals surface area (Å²) < 4.78 is 4.93. The van der Waals surface area contributed by atoms with Crippen LogP contribution in [0.15, 0.2) is 44.7 Å². The van der Waals surface area contributed by atoms with Gasteiger partial charge in [0.2, 0.25) is 5.89 Å². The highest BCUT2D eigenvalue weighted by Crippen LogP contribution is 2.21. The first-order chi connectivity index (χ1) is 10.7. The Bertz CT molecular complexity index is 605. The summed E-state index contributed by atoms with van der Waals surface area (Å²) in [6, 6.07) is 10.4. The third-order valence-electron chi connectivity index (χ3n) is 2.84. The lowest BCUT2D eigenvalue weighted by atomic mass is 10.4. The maximum Gasteiger partial charge on any atom is 0.223 e. The molecule has 0 spiro atoms. The maximum absolute atomic E-state index is 4.93. The lowest BCUT2D eigenvalue weighted by molar-refractivity contribution is 0.387. The molecule has 1 atom stereocenters. The van der Waals surface area contributed by atoms with Gasteiger partial charge in [-0.15, -0.1) is 35.7 Å². The van der Waals surface area contributed by atoms with Crippen LogP contribution in [0.25, 0.3) is 0 Å². The van der Waals surface area contributed by atoms with Crippen molar-refractivity contribution in [1.29, 1.82) is 0 Å². The summed E-state index contributed by atoms with van der Waals surface area (Å²) in [5, 5.41) is 10.7. The van der Waals surface area contributed by atoms with Crippen molar-refractivity contribution in [3.63, 3.8) is 0 Å². The van der Waals surface area contributed by atoms with Crippen LogP contribution in [0.5, 0.6) is 0 Å². The molecule has 1 heterocycles. The van der Waals surface area contributed by atoms with Crippen LogP contribution in [0.3, 0.4) is 0 Å². The number of aromatic nitrogens is 2. The molecule has 2 rings (SSSR count). The summed E-state index contributed by atoms with van der Waals surface area (Å²) in [6.45, 7) is 5.24. The molecular formula is C15H22IN5OS. The highest BCUT2D eigenvalue weighted by molar-refractivity contribution is 14.0. The number of hydrogen-bond acceptors (Lipinski definition) is 5. The van der Waals surface area contributed by atoms with Crippen molar-refractivity contribution in [3.8, 4) is 0 Å². The Hall–Kier alpha value is -1.29. The predicted octanol–water partition coefficient (Wildman–Crippen LogP) is 2.84. The van der Waals surface area contributed by atoms with Crippen LogP contribution in [-0.2, 0) is 6.54 Å². The number of nitrogens with zero attached hydrogens (tertiary/aromatic N) is 3. The van der Waals surface area contributed by atoms with Gasteiger partial charge in [0, 0.05) is 30.7 Å². The molecule has 2 N–H and O–H groups in total. The summed E-state index contributed by atoms with van der Waals surface area (Å²) in [7, 11) is 1.74. The van der Waals surface area contributed by atoms with Crippen molar-refractivity contribution in [1.82, 2.24) is 20.8 Å². The van der Waals surface area contributed by atoms with E-state index in [-0.39, 0.29) is 24.0 Å². The van der Waals surface area contributed by atoms with Crippen LogP contribution in [0.2, 0.25) is 0 Å². The summed E-state index contributed by atoms with van der Waals surface area (Å²) in [5.41, 5.74) is 0. The highest BCUT2D eigenvalue weighted by atomic mass is 127. The van der Waals surface area contributed by atoms with Gasteiger partial charge in [0.15, 0.2) is 11.8 Å². The number of halogens is 1. The number of rotatable bonds is 6. The normalized spacial score (nSPS) is 12.4. The second-order valence-corrected chi connectivity index (χ2v) is 6.29. The van der Waals surface area contributed by atoms with E-state index in [9.17, 15) is 0 Å². The molecule has 126 valence electrons. The first kappa shape index (κ1) is 19.8. The van der Waals surface area contributed by atoms with E-state index in [1.807, 2.05) is 17.8 Å². The fourth-order valence-electron chi connectivity index (χ4n) is 1.81. The van der Waals surface area contributed by atoms with E-state index in [0.29, 0.717) is 23.5 Å². The van der Waals surface area contributed by atoms with Gasteiger partial charge in [0.05, 0.1) is 6.54 Å². The quantitative estimate of drug-likeness (QED) is 0.307. The SMILES string of the molecule is CN=C(NCc1noc(C)n1)NCC(C)Sc1ccccc1.I. The van der Waals surface area contributed by atoms with Gasteiger partial charge in [-0.2, -0.15) is 4.98 Å². The first-order valence-corrected chi connectivity index (χ1v) is 8.00. The predicted molar refractivity (Wildman–Crippen MR) is 104 cm³/mol. The maximum atomic E-state index is 4.93. The number of hydrogen-bond donors (Lipinski definition) is 2. The molecule has 2 aromatic rings. The summed E-state index contributed by atoms with van der Waals surface area (Å²) >= 11 is 1.83. The topological polar surface area (TPSA) is 75.3 Å². The zero-order valence-electron chi connectivity index (χ0n) is 13.4. The van der Waals surface area contributed by atoms with Gasteiger partial charge in [-0.05, 0) is 12.1 Å². The smallest absolute Gasteiger partial charge is 0.223 e. The molecule has 8 heteroatoms. The molecule has 0 aliphatic heterocycles. The zero-order chi connectivity index (χ0) is 15.8. The zero-order valence-corrected chi connectivity index (χ0v) is 16.6. The third-order valence-corrected chi connectivity index (χ3v) is 3.96. The molecule has 0 saturated heterocycles. The standard InChI is InChI=1S/C15H21N5OS.HI/c1-11(22-13-7-5-4-6-8-13)9-17-15(16-3)18-10-14-19-12(2)21-20-14;/h4-8,11H,9-10H2,1-3H3,(H2,16,17,18);1H. The Morgan fingerprint density at radius 3 is 2.65 bits per heavy atom. The van der Waals surface area contributed by atoms with Crippen molar-refractivity contribution < 1.29 is 4.52 Å². The molecular weight excluding hydrogens is 425 g/mol. The molecule has 0 amide bonds. The van der Waals surface area contributed by atoms with E-state index in [1.165, 1.54) is 4.90 Å². The first-order valence-electron chi connectivity index (χ1n) is 7.13. The molecule has 6 nitrogen and oxygen atoms in total. The fraction of sp³-hybridized carbons (Fsp3) is 0.400. The molecule has 0 bridgehead atoms. The Balaban J connectivity index is 0.00000264. The largest absolute Gasteiger partial charge is 0.355 e. The van der Waals surface area contributed by atoms with Crippen LogP contribution >= 0.6 is 35.7 Å². The number of aliphatic imine (C=N–C) groups is 1. The average Bonchev–Trinajstić information content (AvgIpc) is 2.94. The summed E-state index contributed by atoms with van der Waals surface area (Å²) in [6.07, 6.45) is 0. The highest BCUT2D eigenvalue weighted by Gasteiger charge is 2.07. The lowest BCUT2D eigenvalue weighted by Gasteiger charge is -2.15. The van der Waals surface area contributed by atoms with Crippen LogP contribution in [-0.4, -0.2) is 34.9 Å². The molecule has 0 aliphatic carbocycles. The van der Waals surface area contributed by atoms with Gasteiger partial charge in [0.1, 0.15) is 0 Å². The van der Waals surface area contributed by atoms with E-state index in [4.69, 9.17) is 4.52 Å². The number of thioether (sulfide) groups is 1. The molecule has 1 aromatic carbocycles. The van der Waals surface area contributed by atoms with E-state index in [1.54, 1.807) is 14.0 Å². The van der Waals surface area contributed by atoms with Crippen LogP contribution < -0.4 is 10.6 Å². The fourth-order valence-corrected chi connectivity index (χ4v) is 2.76. The molecule has 0 saturated carbocycles. The third kappa shape index (κ3) is 7.21. The number of aryl methyl sites for hydroxylation is 1. The van der Waals surface area contributed by atoms with Crippen molar-refractivity contribution in [2.24, 2.45) is 4.99 Å². The molecule has 0 aliphatic rings. The Kier molecular flexibility index (Phi) is 9.00. The molecule has 23 heavy (non-hydrogen) atoms. The Morgan fingerprint density at radius 1 is 1.30 bits per heavy atom. The van der Waals surface area contributed by atoms with Gasteiger partial charge < -0.3 is 15.2 Å². The van der Waals surface area contributed by atoms with Crippen LogP contribution in [0, 0.1) is 6.92 Å². The molecule has 0 radical (unpaired) electrons. The monoisotopic (exact) mass is 447 g/mol.